The molecule has 0 aromatic carbocycles. The molecule has 3 aromatic heterocycles. The first-order valence-corrected chi connectivity index (χ1v) is 7.39. The van der Waals surface area contributed by atoms with E-state index in [2.05, 4.69) is 42.0 Å². The first kappa shape index (κ1) is 13.0. The molecule has 20 heavy (non-hydrogen) atoms. The van der Waals surface area contributed by atoms with Crippen LogP contribution >= 0.6 is 11.3 Å². The highest BCUT2D eigenvalue weighted by molar-refractivity contribution is 7.25. The van der Waals surface area contributed by atoms with Crippen LogP contribution in [0.15, 0.2) is 30.1 Å². The van der Waals surface area contributed by atoms with Gasteiger partial charge in [-0.05, 0) is 38.8 Å². The molecule has 0 bridgehead atoms. The summed E-state index contributed by atoms with van der Waals surface area (Å²) in [5.41, 5.74) is 9.25. The van der Waals surface area contributed by atoms with E-state index in [1.165, 1.54) is 11.9 Å². The summed E-state index contributed by atoms with van der Waals surface area (Å²) in [5, 5.41) is 1.06. The zero-order valence-corrected chi connectivity index (χ0v) is 12.4. The van der Waals surface area contributed by atoms with Crippen molar-refractivity contribution in [1.29, 1.82) is 0 Å². The summed E-state index contributed by atoms with van der Waals surface area (Å²) >= 11 is 1.57. The van der Waals surface area contributed by atoms with E-state index in [0.717, 1.165) is 39.0 Å². The number of hydrogen-bond acceptors (Lipinski definition) is 5. The molecule has 0 amide bonds. The van der Waals surface area contributed by atoms with Gasteiger partial charge in [0.25, 0.3) is 0 Å². The molecule has 0 fully saturated rings. The lowest BCUT2D eigenvalue weighted by Gasteiger charge is -1.98. The first-order chi connectivity index (χ1) is 9.65. The van der Waals surface area contributed by atoms with Crippen molar-refractivity contribution in [3.05, 3.63) is 35.8 Å². The highest BCUT2D eigenvalue weighted by Gasteiger charge is 2.10. The topological polar surface area (TPSA) is 64.7 Å². The standard InChI is InChI=1S/C15H16N4S/c1-9(2)4-3-5-10-6-7-11-12-13(20-15(11)19-10)14(16)18-8-17-12/h4,6-8H,3,5H2,1-2H3,(H2,16,17,18). The molecular weight excluding hydrogens is 268 g/mol. The second kappa shape index (κ2) is 5.17. The van der Waals surface area contributed by atoms with Crippen LogP contribution in [0.3, 0.4) is 0 Å². The Balaban J connectivity index is 2.01. The predicted octanol–water partition coefficient (Wildman–Crippen LogP) is 3.72. The molecule has 2 N–H and O–H groups in total. The Labute approximate surface area is 121 Å². The lowest BCUT2D eigenvalue weighted by atomic mass is 10.1. The Hall–Kier alpha value is -2.01. The van der Waals surface area contributed by atoms with Crippen LogP contribution in [0.1, 0.15) is 26.0 Å². The van der Waals surface area contributed by atoms with Crippen LogP contribution in [0, 0.1) is 0 Å². The number of thiophene rings is 1. The average molecular weight is 284 g/mol. The summed E-state index contributed by atoms with van der Waals surface area (Å²) in [7, 11) is 0. The van der Waals surface area contributed by atoms with Crippen LogP contribution in [-0.2, 0) is 6.42 Å². The van der Waals surface area contributed by atoms with Gasteiger partial charge in [0, 0.05) is 11.1 Å². The van der Waals surface area contributed by atoms with Gasteiger partial charge >= 0.3 is 0 Å². The van der Waals surface area contributed by atoms with Crippen molar-refractivity contribution in [2.24, 2.45) is 0 Å². The van der Waals surface area contributed by atoms with Crippen LogP contribution in [0.25, 0.3) is 20.4 Å². The Kier molecular flexibility index (Phi) is 3.36. The third kappa shape index (κ3) is 2.36. The minimum Gasteiger partial charge on any atom is -0.382 e. The number of anilines is 1. The van der Waals surface area contributed by atoms with Gasteiger partial charge in [0.05, 0.1) is 10.2 Å². The van der Waals surface area contributed by atoms with Gasteiger partial charge in [0.1, 0.15) is 17.0 Å². The number of rotatable bonds is 3. The van der Waals surface area contributed by atoms with E-state index in [0.29, 0.717) is 5.82 Å². The highest BCUT2D eigenvalue weighted by Crippen LogP contribution is 2.33. The maximum Gasteiger partial charge on any atom is 0.144 e. The number of aromatic nitrogens is 3. The maximum atomic E-state index is 5.90. The van der Waals surface area contributed by atoms with Gasteiger partial charge in [-0.3, -0.25) is 0 Å². The molecule has 0 atom stereocenters. The zero-order valence-electron chi connectivity index (χ0n) is 11.6. The van der Waals surface area contributed by atoms with Gasteiger partial charge in [0.2, 0.25) is 0 Å². The molecule has 5 heteroatoms. The van der Waals surface area contributed by atoms with Crippen LogP contribution in [0.4, 0.5) is 5.82 Å². The van der Waals surface area contributed by atoms with Crippen LogP contribution in [0.5, 0.6) is 0 Å². The molecule has 0 aliphatic heterocycles. The van der Waals surface area contributed by atoms with Crippen molar-refractivity contribution < 1.29 is 0 Å². The SMILES string of the molecule is CC(C)=CCCc1ccc2c(n1)sc1c(N)ncnc12. The van der Waals surface area contributed by atoms with Gasteiger partial charge in [-0.15, -0.1) is 11.3 Å². The molecule has 0 spiro atoms. The second-order valence-electron chi connectivity index (χ2n) is 5.01. The van der Waals surface area contributed by atoms with Gasteiger partial charge in [-0.1, -0.05) is 11.6 Å². The fraction of sp³-hybridized carbons (Fsp3) is 0.267. The normalized spacial score (nSPS) is 11.1. The second-order valence-corrected chi connectivity index (χ2v) is 6.01. The van der Waals surface area contributed by atoms with Crippen LogP contribution < -0.4 is 5.73 Å². The summed E-state index contributed by atoms with van der Waals surface area (Å²) in [6, 6.07) is 4.16. The van der Waals surface area contributed by atoms with Crippen molar-refractivity contribution in [2.45, 2.75) is 26.7 Å². The Morgan fingerprint density at radius 2 is 2.15 bits per heavy atom. The molecule has 3 rings (SSSR count). The molecule has 0 aliphatic carbocycles. The molecule has 0 unspecified atom stereocenters. The van der Waals surface area contributed by atoms with E-state index in [1.807, 2.05) is 0 Å². The molecule has 3 aromatic rings. The predicted molar refractivity (Wildman–Crippen MR) is 84.9 cm³/mol. The number of nitrogens with zero attached hydrogens (tertiary/aromatic N) is 3. The molecule has 0 radical (unpaired) electrons. The van der Waals surface area contributed by atoms with Crippen LogP contribution in [0.2, 0.25) is 0 Å². The van der Waals surface area contributed by atoms with E-state index in [4.69, 9.17) is 10.7 Å². The summed E-state index contributed by atoms with van der Waals surface area (Å²) in [6.45, 7) is 4.23. The number of fused-ring (bicyclic) bond motifs is 3. The lowest BCUT2D eigenvalue weighted by Crippen LogP contribution is -1.90. The molecule has 0 saturated heterocycles. The van der Waals surface area contributed by atoms with E-state index < -0.39 is 0 Å². The minimum absolute atomic E-state index is 0.532. The Bertz CT molecular complexity index is 800. The van der Waals surface area contributed by atoms with E-state index in [-0.39, 0.29) is 0 Å². The van der Waals surface area contributed by atoms with E-state index in [1.54, 1.807) is 11.3 Å². The van der Waals surface area contributed by atoms with Gasteiger partial charge in [-0.2, -0.15) is 0 Å². The molecule has 102 valence electrons. The maximum absolute atomic E-state index is 5.90. The molecule has 3 heterocycles. The molecule has 0 saturated carbocycles. The number of nitrogens with two attached hydrogens (primary N) is 1. The van der Waals surface area contributed by atoms with Crippen molar-refractivity contribution >= 4 is 37.6 Å². The van der Waals surface area contributed by atoms with Crippen LogP contribution in [-0.4, -0.2) is 15.0 Å². The van der Waals surface area contributed by atoms with Gasteiger partial charge < -0.3 is 5.73 Å². The smallest absolute Gasteiger partial charge is 0.144 e. The van der Waals surface area contributed by atoms with Crippen molar-refractivity contribution in [1.82, 2.24) is 15.0 Å². The fourth-order valence-corrected chi connectivity index (χ4v) is 3.21. The third-order valence-corrected chi connectivity index (χ3v) is 4.27. The van der Waals surface area contributed by atoms with Crippen molar-refractivity contribution in [3.8, 4) is 0 Å². The molecule has 4 nitrogen and oxygen atoms in total. The number of pyridine rings is 1. The fourth-order valence-electron chi connectivity index (χ4n) is 2.16. The Morgan fingerprint density at radius 3 is 2.95 bits per heavy atom. The number of hydrogen-bond donors (Lipinski definition) is 1. The summed E-state index contributed by atoms with van der Waals surface area (Å²) < 4.78 is 0.927. The van der Waals surface area contributed by atoms with Crippen molar-refractivity contribution in [3.63, 3.8) is 0 Å². The minimum atomic E-state index is 0.532. The van der Waals surface area contributed by atoms with Gasteiger partial charge in [-0.25, -0.2) is 15.0 Å². The highest BCUT2D eigenvalue weighted by atomic mass is 32.1. The summed E-state index contributed by atoms with van der Waals surface area (Å²) in [6.07, 6.45) is 5.72. The first-order valence-electron chi connectivity index (χ1n) is 6.57. The number of allylic oxidation sites excluding steroid dienone is 2. The zero-order chi connectivity index (χ0) is 14.1. The average Bonchev–Trinajstić information content (AvgIpc) is 2.78. The van der Waals surface area contributed by atoms with Crippen molar-refractivity contribution in [2.75, 3.05) is 5.73 Å². The molecule has 0 aliphatic rings. The largest absolute Gasteiger partial charge is 0.382 e. The van der Waals surface area contributed by atoms with E-state index >= 15 is 0 Å². The lowest BCUT2D eigenvalue weighted by molar-refractivity contribution is 0.948. The van der Waals surface area contributed by atoms with E-state index in [9.17, 15) is 0 Å². The molecular formula is C15H16N4S. The number of aryl methyl sites for hydroxylation is 1. The summed E-state index contributed by atoms with van der Waals surface area (Å²) in [5.74, 6) is 0.532. The number of nitrogen functional groups attached to an aromatic ring is 1. The monoisotopic (exact) mass is 284 g/mol. The quantitative estimate of drug-likeness (QED) is 0.744. The Morgan fingerprint density at radius 1 is 1.30 bits per heavy atom. The third-order valence-electron chi connectivity index (χ3n) is 3.16. The summed E-state index contributed by atoms with van der Waals surface area (Å²) in [4.78, 5) is 14.1. The van der Waals surface area contributed by atoms with Gasteiger partial charge in [0.15, 0.2) is 0 Å².